The second-order valence-electron chi connectivity index (χ2n) is 2.19. The third kappa shape index (κ3) is 2.77. The molecule has 0 aromatic carbocycles. The molecule has 0 saturated carbocycles. The molecule has 60 valence electrons. The Labute approximate surface area is 59.0 Å². The highest BCUT2D eigenvalue weighted by Crippen LogP contribution is 2.02. The number of carboxylic acid groups (broad SMARTS) is 1. The van der Waals surface area contributed by atoms with Crippen LogP contribution in [0, 0.1) is 0 Å². The summed E-state index contributed by atoms with van der Waals surface area (Å²) < 4.78 is 12.4. The van der Waals surface area contributed by atoms with Gasteiger partial charge in [-0.3, -0.25) is 0 Å². The van der Waals surface area contributed by atoms with E-state index in [9.17, 15) is 9.18 Å². The van der Waals surface area contributed by atoms with Crippen LogP contribution in [0.15, 0.2) is 0 Å². The lowest BCUT2D eigenvalue weighted by molar-refractivity contribution is -0.143. The van der Waals surface area contributed by atoms with E-state index in [1.54, 1.807) is 0 Å². The Kier molecular flexibility index (Phi) is 3.95. The van der Waals surface area contributed by atoms with Gasteiger partial charge < -0.3 is 10.8 Å². The molecule has 0 saturated heterocycles. The number of aliphatic carboxylic acids is 1. The lowest BCUT2D eigenvalue weighted by atomic mass is 10.1. The van der Waals surface area contributed by atoms with E-state index >= 15 is 0 Å². The van der Waals surface area contributed by atoms with Gasteiger partial charge in [-0.15, -0.1) is 0 Å². The zero-order chi connectivity index (χ0) is 8.15. The van der Waals surface area contributed by atoms with Crippen LogP contribution < -0.4 is 5.73 Å². The zero-order valence-corrected chi connectivity index (χ0v) is 5.88. The second-order valence-corrected chi connectivity index (χ2v) is 2.19. The number of alkyl halides is 1. The van der Waals surface area contributed by atoms with Crippen LogP contribution in [0.25, 0.3) is 0 Å². The van der Waals surface area contributed by atoms with Gasteiger partial charge >= 0.3 is 5.97 Å². The van der Waals surface area contributed by atoms with Crippen LogP contribution in [0.5, 0.6) is 0 Å². The average Bonchev–Trinajstić information content (AvgIpc) is 1.87. The molecular weight excluding hydrogens is 137 g/mol. The molecule has 2 unspecified atom stereocenters. The van der Waals surface area contributed by atoms with Crippen molar-refractivity contribution in [2.75, 3.05) is 0 Å². The van der Waals surface area contributed by atoms with Gasteiger partial charge in [-0.05, 0) is 6.42 Å². The fraction of sp³-hybridized carbons (Fsp3) is 0.833. The van der Waals surface area contributed by atoms with Gasteiger partial charge in [-0.1, -0.05) is 13.3 Å². The minimum Gasteiger partial charge on any atom is -0.479 e. The fourth-order valence-electron chi connectivity index (χ4n) is 0.663. The van der Waals surface area contributed by atoms with Gasteiger partial charge in [0.1, 0.15) is 0 Å². The van der Waals surface area contributed by atoms with E-state index < -0.39 is 18.2 Å². The lowest BCUT2D eigenvalue weighted by Gasteiger charge is -2.10. The highest BCUT2D eigenvalue weighted by molar-refractivity contribution is 5.72. The van der Waals surface area contributed by atoms with Crippen LogP contribution in [0.2, 0.25) is 0 Å². The topological polar surface area (TPSA) is 63.3 Å². The molecule has 0 aliphatic carbocycles. The molecule has 0 radical (unpaired) electrons. The standard InChI is InChI=1S/C6H12FNO2/c1-2-3-4(8)5(7)6(9)10/h4-5H,2-3,8H2,1H3,(H,9,10). The summed E-state index contributed by atoms with van der Waals surface area (Å²) in [5.74, 6) is -1.47. The minimum atomic E-state index is -1.92. The quantitative estimate of drug-likeness (QED) is 0.613. The molecule has 0 aliphatic rings. The van der Waals surface area contributed by atoms with Crippen LogP contribution >= 0.6 is 0 Å². The van der Waals surface area contributed by atoms with E-state index in [-0.39, 0.29) is 0 Å². The first kappa shape index (κ1) is 9.36. The molecule has 0 aromatic rings. The Balaban J connectivity index is 3.69. The maximum absolute atomic E-state index is 12.4. The normalized spacial score (nSPS) is 16.3. The van der Waals surface area contributed by atoms with Crippen LogP contribution in [0.3, 0.4) is 0 Å². The van der Waals surface area contributed by atoms with Crippen molar-refractivity contribution >= 4 is 5.97 Å². The van der Waals surface area contributed by atoms with Gasteiger partial charge in [0.2, 0.25) is 6.17 Å². The molecular formula is C6H12FNO2. The van der Waals surface area contributed by atoms with Crippen LogP contribution in [0.4, 0.5) is 4.39 Å². The number of hydrogen-bond acceptors (Lipinski definition) is 2. The molecule has 2 atom stereocenters. The summed E-state index contributed by atoms with van der Waals surface area (Å²) in [5.41, 5.74) is 5.17. The summed E-state index contributed by atoms with van der Waals surface area (Å²) in [6.45, 7) is 1.83. The Morgan fingerprint density at radius 1 is 1.80 bits per heavy atom. The van der Waals surface area contributed by atoms with Gasteiger partial charge in [-0.2, -0.15) is 0 Å². The molecule has 3 N–H and O–H groups in total. The zero-order valence-electron chi connectivity index (χ0n) is 5.88. The predicted octanol–water partition coefficient (Wildman–Crippen LogP) is 0.536. The van der Waals surface area contributed by atoms with Crippen molar-refractivity contribution in [3.05, 3.63) is 0 Å². The molecule has 0 aliphatic heterocycles. The van der Waals surface area contributed by atoms with Crippen LogP contribution in [0.1, 0.15) is 19.8 Å². The van der Waals surface area contributed by atoms with Crippen molar-refractivity contribution in [3.8, 4) is 0 Å². The molecule has 0 aromatic heterocycles. The summed E-state index contributed by atoms with van der Waals surface area (Å²) in [7, 11) is 0. The molecule has 4 heteroatoms. The molecule has 0 amide bonds. The van der Waals surface area contributed by atoms with Crippen LogP contribution in [-0.2, 0) is 4.79 Å². The SMILES string of the molecule is CCCC(N)C(F)C(=O)O. The smallest absolute Gasteiger partial charge is 0.339 e. The molecule has 0 spiro atoms. The van der Waals surface area contributed by atoms with Gasteiger partial charge in [-0.25, -0.2) is 9.18 Å². The summed E-state index contributed by atoms with van der Waals surface area (Å²) in [4.78, 5) is 9.96. The number of hydrogen-bond donors (Lipinski definition) is 2. The number of rotatable bonds is 4. The van der Waals surface area contributed by atoms with Crippen molar-refractivity contribution in [1.82, 2.24) is 0 Å². The van der Waals surface area contributed by atoms with E-state index in [2.05, 4.69) is 0 Å². The Morgan fingerprint density at radius 2 is 2.30 bits per heavy atom. The summed E-state index contributed by atoms with van der Waals surface area (Å²) >= 11 is 0. The monoisotopic (exact) mass is 149 g/mol. The van der Waals surface area contributed by atoms with E-state index in [1.165, 1.54) is 0 Å². The number of halogens is 1. The molecule has 3 nitrogen and oxygen atoms in total. The van der Waals surface area contributed by atoms with Crippen molar-refractivity contribution in [2.24, 2.45) is 5.73 Å². The molecule has 0 heterocycles. The maximum atomic E-state index is 12.4. The highest BCUT2D eigenvalue weighted by Gasteiger charge is 2.22. The highest BCUT2D eigenvalue weighted by atomic mass is 19.1. The number of carboxylic acids is 1. The third-order valence-corrected chi connectivity index (χ3v) is 1.23. The second kappa shape index (κ2) is 4.22. The Morgan fingerprint density at radius 3 is 2.60 bits per heavy atom. The number of carbonyl (C=O) groups is 1. The fourth-order valence-corrected chi connectivity index (χ4v) is 0.663. The first-order chi connectivity index (χ1) is 4.59. The first-order valence-electron chi connectivity index (χ1n) is 3.22. The van der Waals surface area contributed by atoms with Crippen molar-refractivity contribution in [2.45, 2.75) is 32.0 Å². The van der Waals surface area contributed by atoms with Crippen molar-refractivity contribution < 1.29 is 14.3 Å². The maximum Gasteiger partial charge on any atom is 0.339 e. The van der Waals surface area contributed by atoms with Gasteiger partial charge in [0, 0.05) is 6.04 Å². The Hall–Kier alpha value is -0.640. The third-order valence-electron chi connectivity index (χ3n) is 1.23. The van der Waals surface area contributed by atoms with E-state index in [4.69, 9.17) is 10.8 Å². The molecule has 0 fully saturated rings. The van der Waals surface area contributed by atoms with Gasteiger partial charge in [0.05, 0.1) is 0 Å². The summed E-state index contributed by atoms with van der Waals surface area (Å²) in [6.07, 6.45) is -0.803. The largest absolute Gasteiger partial charge is 0.479 e. The molecule has 0 rings (SSSR count). The molecule has 10 heavy (non-hydrogen) atoms. The van der Waals surface area contributed by atoms with E-state index in [0.29, 0.717) is 12.8 Å². The number of nitrogens with two attached hydrogens (primary N) is 1. The van der Waals surface area contributed by atoms with Crippen molar-refractivity contribution in [1.29, 1.82) is 0 Å². The predicted molar refractivity (Wildman–Crippen MR) is 35.4 cm³/mol. The van der Waals surface area contributed by atoms with E-state index in [0.717, 1.165) is 0 Å². The van der Waals surface area contributed by atoms with E-state index in [1.807, 2.05) is 6.92 Å². The van der Waals surface area contributed by atoms with Gasteiger partial charge in [0.15, 0.2) is 0 Å². The average molecular weight is 149 g/mol. The van der Waals surface area contributed by atoms with Crippen molar-refractivity contribution in [3.63, 3.8) is 0 Å². The van der Waals surface area contributed by atoms with Gasteiger partial charge in [0.25, 0.3) is 0 Å². The lowest BCUT2D eigenvalue weighted by Crippen LogP contribution is -2.36. The minimum absolute atomic E-state index is 0.410. The first-order valence-corrected chi connectivity index (χ1v) is 3.22. The summed E-state index contributed by atoms with van der Waals surface area (Å²) in [6, 6.07) is -0.859. The summed E-state index contributed by atoms with van der Waals surface area (Å²) in [5, 5.41) is 8.12. The molecule has 0 bridgehead atoms. The van der Waals surface area contributed by atoms with Crippen LogP contribution in [-0.4, -0.2) is 23.3 Å². The Bertz CT molecular complexity index is 118.